The average molecular weight is 737 g/mol. The van der Waals surface area contributed by atoms with E-state index in [1.807, 2.05) is 0 Å². The summed E-state index contributed by atoms with van der Waals surface area (Å²) in [4.78, 5) is 22.1. The normalized spacial score (nSPS) is 12.0. The van der Waals surface area contributed by atoms with E-state index in [-0.39, 0.29) is 5.56 Å². The highest BCUT2D eigenvalue weighted by atomic mass is 32.2. The molecule has 0 saturated carbocycles. The van der Waals surface area contributed by atoms with Crippen LogP contribution in [0, 0.1) is 0 Å². The summed E-state index contributed by atoms with van der Waals surface area (Å²) in [5.74, 6) is -6.66. The zero-order valence-corrected chi connectivity index (χ0v) is 28.2. The van der Waals surface area contributed by atoms with Crippen molar-refractivity contribution in [3.05, 3.63) is 146 Å². The summed E-state index contributed by atoms with van der Waals surface area (Å²) in [6.07, 6.45) is 0. The fourth-order valence-corrected chi connectivity index (χ4v) is 9.42. The minimum atomic E-state index is -4.44. The monoisotopic (exact) mass is 736 g/mol. The number of aromatic hydroxyl groups is 4. The first kappa shape index (κ1) is 35.8. The van der Waals surface area contributed by atoms with E-state index in [0.717, 1.165) is 30.3 Å². The molecule has 0 bridgehead atoms. The fourth-order valence-electron chi connectivity index (χ4n) is 5.06. The van der Waals surface area contributed by atoms with Crippen LogP contribution in [-0.4, -0.2) is 45.7 Å². The van der Waals surface area contributed by atoms with Gasteiger partial charge in [0.05, 0.1) is 17.3 Å². The van der Waals surface area contributed by atoms with Crippen molar-refractivity contribution in [2.75, 3.05) is 0 Å². The Morgan fingerprint density at radius 2 is 0.780 bits per heavy atom. The molecule has 50 heavy (non-hydrogen) atoms. The van der Waals surface area contributed by atoms with E-state index in [1.54, 1.807) is 42.5 Å². The third kappa shape index (κ3) is 7.54. The molecule has 258 valence electrons. The second kappa shape index (κ2) is 13.8. The highest BCUT2D eigenvalue weighted by molar-refractivity contribution is 7.91. The largest absolute Gasteiger partial charge is 0.503 e. The number of sulfone groups is 3. The molecule has 15 heteroatoms. The van der Waals surface area contributed by atoms with Crippen LogP contribution in [0.5, 0.6) is 23.0 Å². The summed E-state index contributed by atoms with van der Waals surface area (Å²) in [5.41, 5.74) is -0.199. The molecule has 5 aromatic rings. The van der Waals surface area contributed by atoms with Crippen molar-refractivity contribution >= 4 is 29.5 Å². The Hall–Kier alpha value is -5.51. The smallest absolute Gasteiger partial charge is 0.242 e. The summed E-state index contributed by atoms with van der Waals surface area (Å²) in [6, 6.07) is 24.9. The zero-order valence-electron chi connectivity index (χ0n) is 25.8. The number of rotatable bonds is 10. The van der Waals surface area contributed by atoms with Crippen LogP contribution in [0.4, 0.5) is 0 Å². The number of benzene rings is 3. The van der Waals surface area contributed by atoms with Crippen molar-refractivity contribution in [1.29, 1.82) is 0 Å². The van der Waals surface area contributed by atoms with Crippen LogP contribution < -0.4 is 10.9 Å². The Bertz CT molecular complexity index is 2550. The summed E-state index contributed by atoms with van der Waals surface area (Å²) in [6.45, 7) is 0. The molecule has 0 saturated heterocycles. The van der Waals surface area contributed by atoms with Gasteiger partial charge in [0.15, 0.2) is 41.0 Å². The Balaban J connectivity index is 1.35. The molecule has 0 spiro atoms. The lowest BCUT2D eigenvalue weighted by atomic mass is 10.0. The molecule has 4 N–H and O–H groups in total. The second-order valence-corrected chi connectivity index (χ2v) is 17.1. The van der Waals surface area contributed by atoms with Gasteiger partial charge in [-0.2, -0.15) is 0 Å². The van der Waals surface area contributed by atoms with E-state index >= 15 is 0 Å². The molecule has 0 aliphatic heterocycles. The van der Waals surface area contributed by atoms with Crippen molar-refractivity contribution in [3.8, 4) is 34.1 Å². The molecule has 12 nitrogen and oxygen atoms in total. The Labute approximate surface area is 286 Å². The van der Waals surface area contributed by atoms with Crippen LogP contribution >= 0.6 is 0 Å². The average Bonchev–Trinajstić information content (AvgIpc) is 3.27. The standard InChI is InChI=1S/C35H28O12S3/c36-27-7-4-8-28(32(38)31(27)37)48(42,43)20-23-9-13-25(14-10-23)26-15-11-24(12-16-26)21-50(46,47)30-18-17-29(33(39)35(41)34(30)40)49(44,45)19-22-5-2-1-3-6-22/h1-18H,19-21H2,(H2,36,37,38)(H2,39,40,41). The molecule has 0 fully saturated rings. The lowest BCUT2D eigenvalue weighted by molar-refractivity contribution is 0.391. The molecule has 5 aromatic carbocycles. The highest BCUT2D eigenvalue weighted by Crippen LogP contribution is 2.33. The zero-order chi connectivity index (χ0) is 36.4. The maximum absolute atomic E-state index is 13.3. The molecule has 0 aliphatic rings. The summed E-state index contributed by atoms with van der Waals surface area (Å²) in [5, 5.41) is 40.8. The summed E-state index contributed by atoms with van der Waals surface area (Å²) >= 11 is 0. The van der Waals surface area contributed by atoms with Gasteiger partial charge < -0.3 is 20.4 Å². The van der Waals surface area contributed by atoms with E-state index in [4.69, 9.17) is 0 Å². The first-order valence-corrected chi connectivity index (χ1v) is 19.5. The minimum Gasteiger partial charge on any atom is -0.503 e. The van der Waals surface area contributed by atoms with Crippen LogP contribution in [0.25, 0.3) is 11.1 Å². The molecule has 0 amide bonds. The van der Waals surface area contributed by atoms with Crippen LogP contribution in [-0.2, 0) is 46.8 Å². The number of hydrogen-bond donors (Lipinski definition) is 4. The predicted molar refractivity (Wildman–Crippen MR) is 183 cm³/mol. The third-order valence-corrected chi connectivity index (χ3v) is 12.8. The molecule has 0 atom stereocenters. The quantitative estimate of drug-likeness (QED) is 0.161. The van der Waals surface area contributed by atoms with Crippen molar-refractivity contribution < 1.29 is 45.7 Å². The lowest BCUT2D eigenvalue weighted by Gasteiger charge is -2.09. The molecule has 0 radical (unpaired) electrons. The van der Waals surface area contributed by atoms with Gasteiger partial charge in [0, 0.05) is 0 Å². The van der Waals surface area contributed by atoms with Crippen molar-refractivity contribution in [1.82, 2.24) is 0 Å². The van der Waals surface area contributed by atoms with Crippen LogP contribution in [0.3, 0.4) is 0 Å². The van der Waals surface area contributed by atoms with Gasteiger partial charge in [0.1, 0.15) is 14.7 Å². The van der Waals surface area contributed by atoms with Gasteiger partial charge in [-0.15, -0.1) is 0 Å². The molecule has 5 rings (SSSR count). The molecule has 0 heterocycles. The lowest BCUT2D eigenvalue weighted by Crippen LogP contribution is -2.14. The van der Waals surface area contributed by atoms with Crippen LogP contribution in [0.1, 0.15) is 16.7 Å². The van der Waals surface area contributed by atoms with Crippen molar-refractivity contribution in [2.24, 2.45) is 0 Å². The molecular weight excluding hydrogens is 709 g/mol. The van der Waals surface area contributed by atoms with Crippen molar-refractivity contribution in [3.63, 3.8) is 0 Å². The summed E-state index contributed by atoms with van der Waals surface area (Å²) in [7, 11) is -13.0. The first-order chi connectivity index (χ1) is 23.5. The van der Waals surface area contributed by atoms with Gasteiger partial charge in [-0.3, -0.25) is 9.59 Å². The van der Waals surface area contributed by atoms with E-state index < -0.39 is 95.3 Å². The SMILES string of the molecule is O=c1cccc(S(=O)(=O)Cc2ccc(-c3ccc(CS(=O)(=O)c4ccc(S(=O)(=O)Cc5ccccc5)c(=O)c(O)c4O)cc3)cc2)c(O)c1O. The van der Waals surface area contributed by atoms with Crippen LogP contribution in [0.15, 0.2) is 133 Å². The van der Waals surface area contributed by atoms with E-state index in [9.17, 15) is 55.3 Å². The van der Waals surface area contributed by atoms with E-state index in [1.165, 1.54) is 36.4 Å². The van der Waals surface area contributed by atoms with Gasteiger partial charge in [0.2, 0.25) is 22.4 Å². The fraction of sp³-hybridized carbons (Fsp3) is 0.0857. The molecule has 0 unspecified atom stereocenters. The van der Waals surface area contributed by atoms with Gasteiger partial charge >= 0.3 is 0 Å². The molecule has 0 aromatic heterocycles. The Kier molecular flexibility index (Phi) is 9.86. The van der Waals surface area contributed by atoms with Gasteiger partial charge in [-0.1, -0.05) is 84.9 Å². The third-order valence-electron chi connectivity index (χ3n) is 7.63. The van der Waals surface area contributed by atoms with Crippen molar-refractivity contribution in [2.45, 2.75) is 31.9 Å². The second-order valence-electron chi connectivity index (χ2n) is 11.2. The Morgan fingerprint density at radius 3 is 1.28 bits per heavy atom. The maximum Gasteiger partial charge on any atom is 0.242 e. The topological polar surface area (TPSA) is 217 Å². The van der Waals surface area contributed by atoms with E-state index in [2.05, 4.69) is 0 Å². The maximum atomic E-state index is 13.3. The molecular formula is C35H28O12S3. The minimum absolute atomic E-state index is 0.251. The van der Waals surface area contributed by atoms with Gasteiger partial charge in [-0.05, 0) is 52.1 Å². The summed E-state index contributed by atoms with van der Waals surface area (Å²) < 4.78 is 78.6. The van der Waals surface area contributed by atoms with Crippen LogP contribution in [0.2, 0.25) is 0 Å². The number of hydrogen-bond acceptors (Lipinski definition) is 12. The predicted octanol–water partition coefficient (Wildman–Crippen LogP) is 3.82. The Morgan fingerprint density at radius 1 is 0.380 bits per heavy atom. The first-order valence-electron chi connectivity index (χ1n) is 14.5. The highest BCUT2D eigenvalue weighted by Gasteiger charge is 2.27. The van der Waals surface area contributed by atoms with Gasteiger partial charge in [0.25, 0.3) is 0 Å². The van der Waals surface area contributed by atoms with E-state index in [0.29, 0.717) is 22.3 Å². The van der Waals surface area contributed by atoms with Gasteiger partial charge in [-0.25, -0.2) is 25.3 Å². The molecule has 0 aliphatic carbocycles.